The van der Waals surface area contributed by atoms with Gasteiger partial charge in [-0.25, -0.2) is 0 Å². The van der Waals surface area contributed by atoms with Gasteiger partial charge in [-0.15, -0.1) is 0 Å². The van der Waals surface area contributed by atoms with E-state index in [0.29, 0.717) is 13.0 Å². The van der Waals surface area contributed by atoms with Gasteiger partial charge in [-0.2, -0.15) is 0 Å². The van der Waals surface area contributed by atoms with Gasteiger partial charge in [0.25, 0.3) is 0 Å². The Morgan fingerprint density at radius 1 is 1.50 bits per heavy atom. The van der Waals surface area contributed by atoms with Crippen LogP contribution in [0.4, 0.5) is 0 Å². The molecular formula is C11H18N4O. The number of carbonyl (C=O) groups excluding carboxylic acids is 1. The predicted octanol–water partition coefficient (Wildman–Crippen LogP) is 0.529. The molecule has 3 N–H and O–H groups in total. The summed E-state index contributed by atoms with van der Waals surface area (Å²) in [5.74, 6) is -0.169. The van der Waals surface area contributed by atoms with E-state index in [2.05, 4.69) is 15.3 Å². The molecule has 5 heteroatoms. The average Bonchev–Trinajstić information content (AvgIpc) is 2.28. The van der Waals surface area contributed by atoms with Crippen LogP contribution in [0.15, 0.2) is 12.4 Å². The van der Waals surface area contributed by atoms with Gasteiger partial charge in [-0.1, -0.05) is 6.92 Å². The molecule has 1 amide bonds. The number of nitrogens with one attached hydrogen (secondary N) is 1. The first-order chi connectivity index (χ1) is 7.45. The number of nitrogens with two attached hydrogens (primary N) is 1. The van der Waals surface area contributed by atoms with E-state index >= 15 is 0 Å². The zero-order chi connectivity index (χ0) is 12.2. The maximum Gasteiger partial charge on any atom is 0.240 e. The van der Waals surface area contributed by atoms with Crippen molar-refractivity contribution in [3.8, 4) is 0 Å². The van der Waals surface area contributed by atoms with Crippen LogP contribution in [0.1, 0.15) is 31.7 Å². The zero-order valence-electron chi connectivity index (χ0n) is 9.95. The quantitative estimate of drug-likeness (QED) is 0.778. The third kappa shape index (κ3) is 3.27. The fourth-order valence-corrected chi connectivity index (χ4v) is 1.04. The number of carbonyl (C=O) groups is 1. The minimum Gasteiger partial charge on any atom is -0.349 e. The summed E-state index contributed by atoms with van der Waals surface area (Å²) in [4.78, 5) is 19.9. The molecule has 0 aromatic carbocycles. The molecule has 0 radical (unpaired) electrons. The number of rotatable bonds is 4. The van der Waals surface area contributed by atoms with E-state index in [9.17, 15) is 4.79 Å². The molecule has 0 aliphatic carbocycles. The summed E-state index contributed by atoms with van der Waals surface area (Å²) in [6.45, 7) is 5.82. The summed E-state index contributed by atoms with van der Waals surface area (Å²) in [6, 6.07) is 0. The van der Waals surface area contributed by atoms with Crippen LogP contribution < -0.4 is 11.1 Å². The molecule has 0 saturated heterocycles. The minimum atomic E-state index is -0.821. The van der Waals surface area contributed by atoms with Gasteiger partial charge in [-0.05, 0) is 20.3 Å². The maximum absolute atomic E-state index is 11.7. The van der Waals surface area contributed by atoms with Gasteiger partial charge in [0.1, 0.15) is 0 Å². The van der Waals surface area contributed by atoms with E-state index in [1.807, 2.05) is 13.8 Å². The van der Waals surface area contributed by atoms with E-state index in [1.54, 1.807) is 19.3 Å². The molecule has 88 valence electrons. The SMILES string of the molecule is CCC(C)(N)C(=O)NCc1cnc(C)cn1. The first-order valence-corrected chi connectivity index (χ1v) is 5.30. The first kappa shape index (κ1) is 12.6. The zero-order valence-corrected chi connectivity index (χ0v) is 9.95. The second-order valence-corrected chi connectivity index (χ2v) is 4.10. The molecule has 0 saturated carbocycles. The lowest BCUT2D eigenvalue weighted by Crippen LogP contribution is -2.50. The molecule has 0 fully saturated rings. The van der Waals surface area contributed by atoms with Crippen molar-refractivity contribution in [2.45, 2.75) is 39.3 Å². The Morgan fingerprint density at radius 2 is 2.19 bits per heavy atom. The molecule has 1 unspecified atom stereocenters. The molecule has 0 bridgehead atoms. The summed E-state index contributed by atoms with van der Waals surface area (Å²) < 4.78 is 0. The summed E-state index contributed by atoms with van der Waals surface area (Å²) in [5, 5.41) is 2.74. The lowest BCUT2D eigenvalue weighted by Gasteiger charge is -2.21. The molecule has 1 atom stereocenters. The molecule has 0 aliphatic heterocycles. The van der Waals surface area contributed by atoms with E-state index < -0.39 is 5.54 Å². The highest BCUT2D eigenvalue weighted by Gasteiger charge is 2.25. The monoisotopic (exact) mass is 222 g/mol. The van der Waals surface area contributed by atoms with Gasteiger partial charge in [0.2, 0.25) is 5.91 Å². The van der Waals surface area contributed by atoms with Gasteiger partial charge in [0, 0.05) is 6.20 Å². The van der Waals surface area contributed by atoms with Gasteiger partial charge in [0.15, 0.2) is 0 Å². The van der Waals surface area contributed by atoms with Gasteiger partial charge in [-0.3, -0.25) is 14.8 Å². The molecular weight excluding hydrogens is 204 g/mol. The van der Waals surface area contributed by atoms with Crippen molar-refractivity contribution in [2.24, 2.45) is 5.73 Å². The van der Waals surface area contributed by atoms with Crippen LogP contribution >= 0.6 is 0 Å². The van der Waals surface area contributed by atoms with Crippen LogP contribution in [-0.4, -0.2) is 21.4 Å². The van der Waals surface area contributed by atoms with Crippen molar-refractivity contribution < 1.29 is 4.79 Å². The van der Waals surface area contributed by atoms with Crippen LogP contribution in [0.3, 0.4) is 0 Å². The molecule has 1 aromatic heterocycles. The van der Waals surface area contributed by atoms with Crippen LogP contribution in [0, 0.1) is 6.92 Å². The molecule has 1 heterocycles. The highest BCUT2D eigenvalue weighted by molar-refractivity contribution is 5.85. The van der Waals surface area contributed by atoms with E-state index in [1.165, 1.54) is 0 Å². The number of amides is 1. The van der Waals surface area contributed by atoms with Crippen molar-refractivity contribution in [3.05, 3.63) is 23.8 Å². The molecule has 16 heavy (non-hydrogen) atoms. The van der Waals surface area contributed by atoms with Crippen molar-refractivity contribution >= 4 is 5.91 Å². The van der Waals surface area contributed by atoms with Crippen molar-refractivity contribution in [1.29, 1.82) is 0 Å². The summed E-state index contributed by atoms with van der Waals surface area (Å²) in [6.07, 6.45) is 3.91. The van der Waals surface area contributed by atoms with Crippen LogP contribution in [-0.2, 0) is 11.3 Å². The maximum atomic E-state index is 11.7. The second kappa shape index (κ2) is 5.03. The fourth-order valence-electron chi connectivity index (χ4n) is 1.04. The minimum absolute atomic E-state index is 0.169. The third-order valence-electron chi connectivity index (χ3n) is 2.52. The van der Waals surface area contributed by atoms with E-state index in [4.69, 9.17) is 5.73 Å². The second-order valence-electron chi connectivity index (χ2n) is 4.10. The molecule has 1 rings (SSSR count). The molecule has 0 spiro atoms. The van der Waals surface area contributed by atoms with Crippen molar-refractivity contribution in [2.75, 3.05) is 0 Å². The number of hydrogen-bond donors (Lipinski definition) is 2. The van der Waals surface area contributed by atoms with Crippen LogP contribution in [0.2, 0.25) is 0 Å². The lowest BCUT2D eigenvalue weighted by molar-refractivity contribution is -0.126. The van der Waals surface area contributed by atoms with Gasteiger partial charge in [0.05, 0.1) is 29.7 Å². The van der Waals surface area contributed by atoms with Gasteiger partial charge >= 0.3 is 0 Å². The number of aromatic nitrogens is 2. The van der Waals surface area contributed by atoms with Crippen LogP contribution in [0.5, 0.6) is 0 Å². The first-order valence-electron chi connectivity index (χ1n) is 5.30. The average molecular weight is 222 g/mol. The normalized spacial score (nSPS) is 14.2. The number of aryl methyl sites for hydroxylation is 1. The van der Waals surface area contributed by atoms with Crippen molar-refractivity contribution in [3.63, 3.8) is 0 Å². The summed E-state index contributed by atoms with van der Waals surface area (Å²) >= 11 is 0. The Hall–Kier alpha value is -1.49. The lowest BCUT2D eigenvalue weighted by atomic mass is 10.00. The number of nitrogens with zero attached hydrogens (tertiary/aromatic N) is 2. The Morgan fingerprint density at radius 3 is 2.69 bits per heavy atom. The highest BCUT2D eigenvalue weighted by Crippen LogP contribution is 2.04. The smallest absolute Gasteiger partial charge is 0.240 e. The molecule has 1 aromatic rings. The topological polar surface area (TPSA) is 80.9 Å². The standard InChI is InChI=1S/C11H18N4O/c1-4-11(3,12)10(16)15-7-9-6-13-8(2)5-14-9/h5-6H,4,7,12H2,1-3H3,(H,15,16). The largest absolute Gasteiger partial charge is 0.349 e. The summed E-state index contributed by atoms with van der Waals surface area (Å²) in [7, 11) is 0. The Bertz CT molecular complexity index is 359. The Balaban J connectivity index is 2.52. The van der Waals surface area contributed by atoms with Crippen molar-refractivity contribution in [1.82, 2.24) is 15.3 Å². The fraction of sp³-hybridized carbons (Fsp3) is 0.545. The van der Waals surface area contributed by atoms with Crippen LogP contribution in [0.25, 0.3) is 0 Å². The Labute approximate surface area is 95.5 Å². The van der Waals surface area contributed by atoms with E-state index in [0.717, 1.165) is 11.4 Å². The Kier molecular flexibility index (Phi) is 3.95. The van der Waals surface area contributed by atoms with Gasteiger partial charge < -0.3 is 11.1 Å². The number of hydrogen-bond acceptors (Lipinski definition) is 4. The van der Waals surface area contributed by atoms with E-state index in [-0.39, 0.29) is 5.91 Å². The molecule has 0 aliphatic rings. The molecule has 5 nitrogen and oxygen atoms in total. The predicted molar refractivity (Wildman–Crippen MR) is 61.5 cm³/mol. The summed E-state index contributed by atoms with van der Waals surface area (Å²) in [5.41, 5.74) is 6.56. The highest BCUT2D eigenvalue weighted by atomic mass is 16.2. The third-order valence-corrected chi connectivity index (χ3v) is 2.52.